The Morgan fingerprint density at radius 1 is 0.423 bits per heavy atom. The highest BCUT2D eigenvalue weighted by Gasteiger charge is 2.09. The summed E-state index contributed by atoms with van der Waals surface area (Å²) in [6.45, 7) is 16.8. The molecule has 0 aromatic rings. The zero-order valence-electron chi connectivity index (χ0n) is 19.8. The molecule has 0 amide bonds. The van der Waals surface area contributed by atoms with Crippen LogP contribution in [-0.2, 0) is 0 Å². The van der Waals surface area contributed by atoms with Gasteiger partial charge in [0.1, 0.15) is 0 Å². The maximum Gasteiger partial charge on any atom is -0.0420 e. The summed E-state index contributed by atoms with van der Waals surface area (Å²) in [6, 6.07) is 0. The molecule has 0 fully saturated rings. The van der Waals surface area contributed by atoms with Gasteiger partial charge in [-0.05, 0) is 29.6 Å². The minimum absolute atomic E-state index is 0.879. The van der Waals surface area contributed by atoms with Crippen LogP contribution in [0.1, 0.15) is 138 Å². The highest BCUT2D eigenvalue weighted by Crippen LogP contribution is 2.24. The maximum atomic E-state index is 2.49. The lowest BCUT2D eigenvalue weighted by Gasteiger charge is -2.17. The SMILES string of the molecule is CCC(CC)CCCC(C)CCCC(C)CCCC(C)CCCC(C)C. The Labute approximate surface area is 168 Å². The first-order valence-electron chi connectivity index (χ1n) is 12.4. The summed E-state index contributed by atoms with van der Waals surface area (Å²) >= 11 is 0. The third-order valence-corrected chi connectivity index (χ3v) is 6.73. The molecule has 0 spiro atoms. The van der Waals surface area contributed by atoms with Gasteiger partial charge in [-0.3, -0.25) is 0 Å². The number of rotatable bonds is 18. The average molecular weight is 367 g/mol. The van der Waals surface area contributed by atoms with Crippen LogP contribution < -0.4 is 0 Å². The Kier molecular flexibility index (Phi) is 17.1. The fourth-order valence-corrected chi connectivity index (χ4v) is 4.39. The summed E-state index contributed by atoms with van der Waals surface area (Å²) in [6.07, 6.45) is 20.1. The van der Waals surface area contributed by atoms with Crippen molar-refractivity contribution in [3.05, 3.63) is 0 Å². The molecule has 0 heterocycles. The molecule has 0 radical (unpaired) electrons. The van der Waals surface area contributed by atoms with E-state index in [2.05, 4.69) is 48.5 Å². The molecule has 158 valence electrons. The fraction of sp³-hybridized carbons (Fsp3) is 1.00. The molecule has 0 N–H and O–H groups in total. The second-order valence-corrected chi connectivity index (χ2v) is 10.1. The normalized spacial score (nSPS) is 15.6. The highest BCUT2D eigenvalue weighted by molar-refractivity contribution is 4.62. The molecule has 3 atom stereocenters. The highest BCUT2D eigenvalue weighted by atomic mass is 14.2. The topological polar surface area (TPSA) is 0 Å². The van der Waals surface area contributed by atoms with Gasteiger partial charge in [-0.2, -0.15) is 0 Å². The van der Waals surface area contributed by atoms with Gasteiger partial charge >= 0.3 is 0 Å². The van der Waals surface area contributed by atoms with E-state index in [-0.39, 0.29) is 0 Å². The molecule has 0 aromatic heterocycles. The van der Waals surface area contributed by atoms with Crippen molar-refractivity contribution < 1.29 is 0 Å². The second kappa shape index (κ2) is 17.1. The first-order valence-corrected chi connectivity index (χ1v) is 12.4. The first-order chi connectivity index (χ1) is 12.4. The minimum atomic E-state index is 0.879. The molecular weight excluding hydrogens is 312 g/mol. The van der Waals surface area contributed by atoms with E-state index in [1.807, 2.05) is 0 Å². The second-order valence-electron chi connectivity index (χ2n) is 10.1. The molecule has 0 aromatic carbocycles. The quantitative estimate of drug-likeness (QED) is 0.226. The summed E-state index contributed by atoms with van der Waals surface area (Å²) in [7, 11) is 0. The van der Waals surface area contributed by atoms with Gasteiger partial charge in [-0.25, -0.2) is 0 Å². The van der Waals surface area contributed by atoms with E-state index in [4.69, 9.17) is 0 Å². The smallest absolute Gasteiger partial charge is 0.0420 e. The lowest BCUT2D eigenvalue weighted by molar-refractivity contribution is 0.361. The van der Waals surface area contributed by atoms with Gasteiger partial charge in [-0.1, -0.05) is 138 Å². The fourth-order valence-electron chi connectivity index (χ4n) is 4.39. The van der Waals surface area contributed by atoms with Gasteiger partial charge in [0.15, 0.2) is 0 Å². The van der Waals surface area contributed by atoms with E-state index in [0.29, 0.717) is 0 Å². The predicted molar refractivity (Wildman–Crippen MR) is 122 cm³/mol. The molecule has 0 rings (SSSR count). The Morgan fingerprint density at radius 3 is 1.04 bits per heavy atom. The van der Waals surface area contributed by atoms with Crippen molar-refractivity contribution in [1.29, 1.82) is 0 Å². The summed E-state index contributed by atoms with van der Waals surface area (Å²) in [4.78, 5) is 0. The van der Waals surface area contributed by atoms with Crippen molar-refractivity contribution in [3.8, 4) is 0 Å². The van der Waals surface area contributed by atoms with Gasteiger partial charge in [0.05, 0.1) is 0 Å². The Morgan fingerprint density at radius 2 is 0.731 bits per heavy atom. The van der Waals surface area contributed by atoms with Gasteiger partial charge in [0.2, 0.25) is 0 Å². The van der Waals surface area contributed by atoms with Crippen LogP contribution in [0.2, 0.25) is 0 Å². The third-order valence-electron chi connectivity index (χ3n) is 6.73. The first kappa shape index (κ1) is 26.0. The average Bonchev–Trinajstić information content (AvgIpc) is 2.58. The van der Waals surface area contributed by atoms with Crippen molar-refractivity contribution >= 4 is 0 Å². The van der Waals surface area contributed by atoms with Gasteiger partial charge in [-0.15, -0.1) is 0 Å². The molecule has 0 saturated carbocycles. The van der Waals surface area contributed by atoms with Gasteiger partial charge < -0.3 is 0 Å². The van der Waals surface area contributed by atoms with Crippen molar-refractivity contribution in [2.24, 2.45) is 29.6 Å². The molecule has 0 aliphatic carbocycles. The van der Waals surface area contributed by atoms with E-state index in [9.17, 15) is 0 Å². The summed E-state index contributed by atoms with van der Waals surface area (Å²) in [5.74, 6) is 4.68. The zero-order valence-corrected chi connectivity index (χ0v) is 19.8. The Hall–Kier alpha value is 0. The minimum Gasteiger partial charge on any atom is -0.0651 e. The van der Waals surface area contributed by atoms with Crippen molar-refractivity contribution in [2.45, 2.75) is 138 Å². The predicted octanol–water partition coefficient (Wildman–Crippen LogP) is 9.67. The lowest BCUT2D eigenvalue weighted by Crippen LogP contribution is -2.02. The Balaban J connectivity index is 3.56. The number of hydrogen-bond donors (Lipinski definition) is 0. The van der Waals surface area contributed by atoms with Crippen LogP contribution in [0.15, 0.2) is 0 Å². The van der Waals surface area contributed by atoms with Crippen LogP contribution in [0.5, 0.6) is 0 Å². The third kappa shape index (κ3) is 16.2. The molecule has 0 aliphatic heterocycles. The van der Waals surface area contributed by atoms with Crippen LogP contribution in [0, 0.1) is 29.6 Å². The maximum absolute atomic E-state index is 2.49. The van der Waals surface area contributed by atoms with E-state index >= 15 is 0 Å². The van der Waals surface area contributed by atoms with Gasteiger partial charge in [0, 0.05) is 0 Å². The number of hydrogen-bond acceptors (Lipinski definition) is 0. The largest absolute Gasteiger partial charge is 0.0651 e. The molecule has 0 heteroatoms. The Bertz CT molecular complexity index is 276. The van der Waals surface area contributed by atoms with Crippen molar-refractivity contribution in [3.63, 3.8) is 0 Å². The van der Waals surface area contributed by atoms with Crippen LogP contribution >= 0.6 is 0 Å². The van der Waals surface area contributed by atoms with Crippen LogP contribution in [0.4, 0.5) is 0 Å². The summed E-state index contributed by atoms with van der Waals surface area (Å²) in [5.41, 5.74) is 0. The van der Waals surface area contributed by atoms with E-state index in [1.165, 1.54) is 89.9 Å². The molecule has 0 aliphatic rings. The molecular formula is C26H54. The lowest BCUT2D eigenvalue weighted by atomic mass is 9.89. The standard InChI is InChI=1S/C26H54/c1-8-26(9-2)21-13-20-25(7)19-12-18-24(6)17-11-16-23(5)15-10-14-22(3)4/h22-26H,8-21H2,1-7H3. The molecule has 3 unspecified atom stereocenters. The van der Waals surface area contributed by atoms with E-state index < -0.39 is 0 Å². The van der Waals surface area contributed by atoms with Crippen molar-refractivity contribution in [2.75, 3.05) is 0 Å². The summed E-state index contributed by atoms with van der Waals surface area (Å²) < 4.78 is 0. The van der Waals surface area contributed by atoms with Crippen LogP contribution in [0.25, 0.3) is 0 Å². The molecule has 0 bridgehead atoms. The molecule has 26 heavy (non-hydrogen) atoms. The summed E-state index contributed by atoms with van der Waals surface area (Å²) in [5, 5.41) is 0. The molecule has 0 saturated heterocycles. The van der Waals surface area contributed by atoms with Gasteiger partial charge in [0.25, 0.3) is 0 Å². The van der Waals surface area contributed by atoms with E-state index in [1.54, 1.807) is 0 Å². The van der Waals surface area contributed by atoms with Crippen molar-refractivity contribution in [1.82, 2.24) is 0 Å². The zero-order chi connectivity index (χ0) is 19.8. The van der Waals surface area contributed by atoms with Crippen LogP contribution in [0.3, 0.4) is 0 Å². The van der Waals surface area contributed by atoms with E-state index in [0.717, 1.165) is 29.6 Å². The molecule has 0 nitrogen and oxygen atoms in total. The monoisotopic (exact) mass is 366 g/mol. The van der Waals surface area contributed by atoms with Crippen LogP contribution in [-0.4, -0.2) is 0 Å².